The number of nitrogens with one attached hydrogen (secondary N) is 1. The number of hydrogen-bond acceptors (Lipinski definition) is 3. The smallest absolute Gasteiger partial charge is 0.207 e. The molecular weight excluding hydrogens is 475 g/mol. The first kappa shape index (κ1) is 28.3. The Labute approximate surface area is 225 Å². The van der Waals surface area contributed by atoms with Crippen molar-refractivity contribution >= 4 is 18.4 Å². The zero-order valence-corrected chi connectivity index (χ0v) is 22.2. The molecule has 5 rings (SSSR count). The number of rotatable bonds is 5. The Morgan fingerprint density at radius 1 is 0.868 bits per heavy atom. The van der Waals surface area contributed by atoms with Crippen LogP contribution in [0.3, 0.4) is 0 Å². The van der Waals surface area contributed by atoms with Gasteiger partial charge in [0.2, 0.25) is 6.41 Å². The molecule has 0 saturated heterocycles. The van der Waals surface area contributed by atoms with Crippen molar-refractivity contribution < 1.29 is 14.0 Å². The average Bonchev–Trinajstić information content (AvgIpc) is 2.97. The topological polar surface area (TPSA) is 49.4 Å². The van der Waals surface area contributed by atoms with Crippen LogP contribution in [0, 0.1) is 12.7 Å². The normalized spacial score (nSPS) is 15.5. The summed E-state index contributed by atoms with van der Waals surface area (Å²) in [6.45, 7) is 4.28. The van der Waals surface area contributed by atoms with Gasteiger partial charge in [0, 0.05) is 18.3 Å². The summed E-state index contributed by atoms with van der Waals surface area (Å²) in [5.41, 5.74) is 6.91. The van der Waals surface area contributed by atoms with Gasteiger partial charge < -0.3 is 10.2 Å². The molecule has 4 nitrogen and oxygen atoms in total. The summed E-state index contributed by atoms with van der Waals surface area (Å²) in [5.74, 6) is -0.319. The minimum Gasteiger partial charge on any atom is -0.367 e. The van der Waals surface area contributed by atoms with E-state index in [0.717, 1.165) is 19.3 Å². The van der Waals surface area contributed by atoms with Gasteiger partial charge in [-0.1, -0.05) is 85.3 Å². The summed E-state index contributed by atoms with van der Waals surface area (Å²) in [6.07, 6.45) is 3.50. The fraction of sp³-hybridized carbons (Fsp3) is 0.212. The molecular formula is C33H35FN2O2. The van der Waals surface area contributed by atoms with E-state index < -0.39 is 0 Å². The molecule has 1 aliphatic heterocycles. The van der Waals surface area contributed by atoms with Crippen LogP contribution in [0.1, 0.15) is 58.0 Å². The summed E-state index contributed by atoms with van der Waals surface area (Å²) in [5, 5.41) is 2.95. The highest BCUT2D eigenvalue weighted by atomic mass is 19.1. The third-order valence-corrected chi connectivity index (χ3v) is 6.61. The van der Waals surface area contributed by atoms with Crippen molar-refractivity contribution in [3.05, 3.63) is 137 Å². The summed E-state index contributed by atoms with van der Waals surface area (Å²) < 4.78 is 12.1. The minimum absolute atomic E-state index is 0.0742. The summed E-state index contributed by atoms with van der Waals surface area (Å²) in [4.78, 5) is 23.2. The van der Waals surface area contributed by atoms with Crippen LogP contribution in [0.2, 0.25) is 0 Å². The third kappa shape index (κ3) is 7.87. The molecule has 2 atom stereocenters. The van der Waals surface area contributed by atoms with E-state index in [0.29, 0.717) is 11.8 Å². The van der Waals surface area contributed by atoms with Gasteiger partial charge in [-0.25, -0.2) is 4.39 Å². The van der Waals surface area contributed by atoms with Gasteiger partial charge in [0.25, 0.3) is 0 Å². The maximum absolute atomic E-state index is 12.1. The van der Waals surface area contributed by atoms with E-state index in [2.05, 4.69) is 91.8 Å². The monoisotopic (exact) mass is 510 g/mol. The number of carbonyl (C=O) groups excluding carboxylic acids is 2. The van der Waals surface area contributed by atoms with Crippen LogP contribution in [-0.4, -0.2) is 19.7 Å². The number of benzene rings is 4. The molecule has 0 bridgehead atoms. The molecule has 0 spiro atoms. The second-order valence-electron chi connectivity index (χ2n) is 9.18. The maximum atomic E-state index is 12.1. The number of nitrogens with zero attached hydrogens (tertiary/aromatic N) is 1. The van der Waals surface area contributed by atoms with Crippen molar-refractivity contribution in [2.24, 2.45) is 0 Å². The van der Waals surface area contributed by atoms with Gasteiger partial charge in [0.05, 0.1) is 12.1 Å². The molecule has 1 heterocycles. The zero-order valence-electron chi connectivity index (χ0n) is 22.2. The second-order valence-corrected chi connectivity index (χ2v) is 9.18. The lowest BCUT2D eigenvalue weighted by Crippen LogP contribution is -2.35. The lowest BCUT2D eigenvalue weighted by molar-refractivity contribution is -0.110. The number of aryl methyl sites for hydroxylation is 2. The van der Waals surface area contributed by atoms with E-state index in [1.54, 1.807) is 0 Å². The second kappa shape index (κ2) is 14.5. The van der Waals surface area contributed by atoms with E-state index >= 15 is 0 Å². The third-order valence-electron chi connectivity index (χ3n) is 6.61. The van der Waals surface area contributed by atoms with Crippen LogP contribution in [-0.2, 0) is 11.2 Å². The van der Waals surface area contributed by atoms with Gasteiger partial charge in [-0.3, -0.25) is 9.59 Å². The minimum atomic E-state index is -0.319. The van der Waals surface area contributed by atoms with Crippen molar-refractivity contribution in [2.75, 3.05) is 11.9 Å². The van der Waals surface area contributed by atoms with Crippen molar-refractivity contribution in [1.29, 1.82) is 0 Å². The molecule has 196 valence electrons. The molecule has 4 aromatic rings. The Kier molecular flexibility index (Phi) is 10.8. The number of halogens is 1. The lowest BCUT2D eigenvalue weighted by atomic mass is 9.88. The van der Waals surface area contributed by atoms with Crippen molar-refractivity contribution in [1.82, 2.24) is 5.32 Å². The Bertz CT molecular complexity index is 1270. The van der Waals surface area contributed by atoms with Gasteiger partial charge in [-0.05, 0) is 66.8 Å². The Morgan fingerprint density at radius 2 is 1.50 bits per heavy atom. The molecule has 38 heavy (non-hydrogen) atoms. The fourth-order valence-electron chi connectivity index (χ4n) is 4.42. The van der Waals surface area contributed by atoms with Gasteiger partial charge in [-0.2, -0.15) is 0 Å². The van der Waals surface area contributed by atoms with Gasteiger partial charge in [0.15, 0.2) is 0 Å². The molecule has 4 aromatic carbocycles. The summed E-state index contributed by atoms with van der Waals surface area (Å²) >= 11 is 0. The van der Waals surface area contributed by atoms with Gasteiger partial charge >= 0.3 is 0 Å². The SMILES string of the molecule is CCc1ccc(C)cc1.CN1c2ccccc2C(NC=O)CC1c1ccccc1.O=Cc1ccc(F)cc1. The summed E-state index contributed by atoms with van der Waals surface area (Å²) in [7, 11) is 2.12. The first-order valence-corrected chi connectivity index (χ1v) is 12.8. The van der Waals surface area contributed by atoms with E-state index in [9.17, 15) is 14.0 Å². The van der Waals surface area contributed by atoms with Crippen LogP contribution >= 0.6 is 0 Å². The number of aldehydes is 1. The zero-order chi connectivity index (χ0) is 27.3. The highest BCUT2D eigenvalue weighted by Crippen LogP contribution is 2.42. The number of hydrogen-bond donors (Lipinski definition) is 1. The molecule has 5 heteroatoms. The maximum Gasteiger partial charge on any atom is 0.207 e. The number of amides is 1. The van der Waals surface area contributed by atoms with Crippen LogP contribution in [0.5, 0.6) is 0 Å². The average molecular weight is 511 g/mol. The molecule has 0 radical (unpaired) electrons. The van der Waals surface area contributed by atoms with Crippen LogP contribution in [0.25, 0.3) is 0 Å². The fourth-order valence-corrected chi connectivity index (χ4v) is 4.42. The van der Waals surface area contributed by atoms with Crippen LogP contribution in [0.15, 0.2) is 103 Å². The summed E-state index contributed by atoms with van der Waals surface area (Å²) in [6, 6.07) is 33.1. The number of carbonyl (C=O) groups is 2. The Hall–Kier alpha value is -4.25. The largest absolute Gasteiger partial charge is 0.367 e. The lowest BCUT2D eigenvalue weighted by Gasteiger charge is -2.40. The van der Waals surface area contributed by atoms with E-state index in [1.165, 1.54) is 52.2 Å². The van der Waals surface area contributed by atoms with E-state index in [-0.39, 0.29) is 17.9 Å². The van der Waals surface area contributed by atoms with Gasteiger partial charge in [-0.15, -0.1) is 0 Å². The molecule has 1 amide bonds. The molecule has 0 aliphatic carbocycles. The predicted molar refractivity (Wildman–Crippen MR) is 153 cm³/mol. The molecule has 0 fully saturated rings. The van der Waals surface area contributed by atoms with E-state index in [4.69, 9.17) is 0 Å². The van der Waals surface area contributed by atoms with Gasteiger partial charge in [0.1, 0.15) is 12.1 Å². The molecule has 1 N–H and O–H groups in total. The molecule has 0 aromatic heterocycles. The van der Waals surface area contributed by atoms with Crippen LogP contribution in [0.4, 0.5) is 10.1 Å². The van der Waals surface area contributed by atoms with Crippen molar-refractivity contribution in [2.45, 2.75) is 38.8 Å². The number of fused-ring (bicyclic) bond motifs is 1. The van der Waals surface area contributed by atoms with Crippen LogP contribution < -0.4 is 10.2 Å². The standard InChI is InChI=1S/C17H18N2O.C9H12.C7H5FO/c1-19-16-10-6-5-9-14(16)15(18-12-20)11-17(19)13-7-3-2-4-8-13;1-3-9-6-4-8(2)5-7-9;8-7-3-1-6(5-9)2-4-7/h2-10,12,15,17H,11H2,1H3,(H,18,20);4-7H,3H2,1-2H3;1-5H. The highest BCUT2D eigenvalue weighted by Gasteiger charge is 2.30. The predicted octanol–water partition coefficient (Wildman–Crippen LogP) is 7.25. The van der Waals surface area contributed by atoms with Crippen molar-refractivity contribution in [3.63, 3.8) is 0 Å². The Morgan fingerprint density at radius 3 is 2.11 bits per heavy atom. The van der Waals surface area contributed by atoms with E-state index in [1.807, 2.05) is 18.2 Å². The Balaban J connectivity index is 0.000000184. The molecule has 1 aliphatic rings. The van der Waals surface area contributed by atoms with Crippen molar-refractivity contribution in [3.8, 4) is 0 Å². The quantitative estimate of drug-likeness (QED) is 0.288. The number of anilines is 1. The highest BCUT2D eigenvalue weighted by molar-refractivity contribution is 5.74. The number of para-hydroxylation sites is 1. The first-order chi connectivity index (χ1) is 18.5. The molecule has 2 unspecified atom stereocenters. The molecule has 0 saturated carbocycles. The first-order valence-electron chi connectivity index (χ1n) is 12.8.